The lowest BCUT2D eigenvalue weighted by Gasteiger charge is -2.11. The molecule has 0 fully saturated rings. The van der Waals surface area contributed by atoms with Gasteiger partial charge in [-0.1, -0.05) is 20.8 Å². The minimum Gasteiger partial charge on any atom is -0.310 e. The number of sulfonamides is 1. The molecule has 1 aromatic rings. The average Bonchev–Trinajstić information content (AvgIpc) is 2.68. The van der Waals surface area contributed by atoms with Crippen LogP contribution in [0.5, 0.6) is 0 Å². The van der Waals surface area contributed by atoms with Crippen LogP contribution in [0.3, 0.4) is 0 Å². The summed E-state index contributed by atoms with van der Waals surface area (Å²) >= 11 is 4.80. The molecule has 0 spiro atoms. The molecule has 110 valence electrons. The molecular weight excluding hydrogens is 348 g/mol. The van der Waals surface area contributed by atoms with Gasteiger partial charge in [-0.15, -0.1) is 11.3 Å². The maximum atomic E-state index is 12.2. The lowest BCUT2D eigenvalue weighted by Crippen LogP contribution is -2.31. The monoisotopic (exact) mass is 368 g/mol. The molecular formula is C12H21BrN2O2S2. The van der Waals surface area contributed by atoms with Crippen LogP contribution in [0.15, 0.2) is 14.7 Å². The van der Waals surface area contributed by atoms with Crippen molar-refractivity contribution in [3.8, 4) is 0 Å². The fourth-order valence-electron chi connectivity index (χ4n) is 1.38. The van der Waals surface area contributed by atoms with Gasteiger partial charge in [0, 0.05) is 23.5 Å². The normalized spacial score (nSPS) is 14.0. The van der Waals surface area contributed by atoms with E-state index in [2.05, 4.69) is 39.8 Å². The molecule has 4 nitrogen and oxygen atoms in total. The molecule has 0 aliphatic rings. The first-order valence-corrected chi connectivity index (χ1v) is 9.39. The molecule has 1 atom stereocenters. The van der Waals surface area contributed by atoms with Gasteiger partial charge >= 0.3 is 0 Å². The predicted octanol–water partition coefficient (Wildman–Crippen LogP) is 3.09. The van der Waals surface area contributed by atoms with Gasteiger partial charge in [-0.2, -0.15) is 0 Å². The van der Waals surface area contributed by atoms with Crippen LogP contribution in [-0.4, -0.2) is 20.5 Å². The van der Waals surface area contributed by atoms with Crippen molar-refractivity contribution in [1.82, 2.24) is 10.0 Å². The van der Waals surface area contributed by atoms with Gasteiger partial charge in [-0.05, 0) is 35.3 Å². The van der Waals surface area contributed by atoms with Gasteiger partial charge in [0.05, 0.1) is 3.79 Å². The highest BCUT2D eigenvalue weighted by Crippen LogP contribution is 2.31. The summed E-state index contributed by atoms with van der Waals surface area (Å²) in [6.45, 7) is 8.61. The van der Waals surface area contributed by atoms with E-state index in [0.717, 1.165) is 11.3 Å². The standard InChI is InChI=1S/C12H21BrN2O2S2/c1-5-9(4)15-19(16,17)11-6-10(18-12(11)13)7-14-8(2)3/h6,8-9,14-15H,5,7H2,1-4H3. The van der Waals surface area contributed by atoms with Crippen molar-refractivity contribution in [3.63, 3.8) is 0 Å². The van der Waals surface area contributed by atoms with Crippen LogP contribution in [0.2, 0.25) is 0 Å². The predicted molar refractivity (Wildman–Crippen MR) is 84.1 cm³/mol. The molecule has 0 bridgehead atoms. The highest BCUT2D eigenvalue weighted by atomic mass is 79.9. The molecule has 19 heavy (non-hydrogen) atoms. The maximum absolute atomic E-state index is 12.2. The first-order valence-electron chi connectivity index (χ1n) is 6.30. The Kier molecular flexibility index (Phi) is 6.46. The molecule has 0 aromatic carbocycles. The molecule has 0 radical (unpaired) electrons. The summed E-state index contributed by atoms with van der Waals surface area (Å²) in [6, 6.07) is 2.04. The lowest BCUT2D eigenvalue weighted by atomic mass is 10.3. The molecule has 0 saturated carbocycles. The molecule has 1 rings (SSSR count). The highest BCUT2D eigenvalue weighted by Gasteiger charge is 2.22. The second-order valence-corrected chi connectivity index (χ2v) is 8.95. The Hall–Kier alpha value is 0.0500. The van der Waals surface area contributed by atoms with Crippen molar-refractivity contribution < 1.29 is 8.42 Å². The second-order valence-electron chi connectivity index (χ2n) is 4.82. The van der Waals surface area contributed by atoms with E-state index < -0.39 is 10.0 Å². The van der Waals surface area contributed by atoms with Crippen LogP contribution < -0.4 is 10.0 Å². The van der Waals surface area contributed by atoms with Crippen molar-refractivity contribution in [1.29, 1.82) is 0 Å². The van der Waals surface area contributed by atoms with E-state index in [1.165, 1.54) is 11.3 Å². The van der Waals surface area contributed by atoms with Gasteiger partial charge < -0.3 is 5.32 Å². The topological polar surface area (TPSA) is 58.2 Å². The van der Waals surface area contributed by atoms with Gasteiger partial charge in [-0.25, -0.2) is 13.1 Å². The van der Waals surface area contributed by atoms with Crippen LogP contribution >= 0.6 is 27.3 Å². The van der Waals surface area contributed by atoms with Crippen LogP contribution in [0.4, 0.5) is 0 Å². The van der Waals surface area contributed by atoms with E-state index in [9.17, 15) is 8.42 Å². The molecule has 1 unspecified atom stereocenters. The number of rotatable bonds is 7. The zero-order valence-electron chi connectivity index (χ0n) is 11.7. The molecule has 0 aliphatic carbocycles. The van der Waals surface area contributed by atoms with Crippen molar-refractivity contribution in [2.75, 3.05) is 0 Å². The molecule has 1 aromatic heterocycles. The summed E-state index contributed by atoms with van der Waals surface area (Å²) in [5.74, 6) is 0. The van der Waals surface area contributed by atoms with Crippen LogP contribution in [0, 0.1) is 0 Å². The fraction of sp³-hybridized carbons (Fsp3) is 0.667. The SMILES string of the molecule is CCC(C)NS(=O)(=O)c1cc(CNC(C)C)sc1Br. The maximum Gasteiger partial charge on any atom is 0.242 e. The van der Waals surface area contributed by atoms with Gasteiger partial charge in [0.1, 0.15) is 4.90 Å². The number of nitrogens with one attached hydrogen (secondary N) is 2. The minimum atomic E-state index is -3.43. The van der Waals surface area contributed by atoms with E-state index in [0.29, 0.717) is 21.3 Å². The smallest absolute Gasteiger partial charge is 0.242 e. The fourth-order valence-corrected chi connectivity index (χ4v) is 5.34. The van der Waals surface area contributed by atoms with Gasteiger partial charge in [-0.3, -0.25) is 0 Å². The highest BCUT2D eigenvalue weighted by molar-refractivity contribution is 9.11. The first kappa shape index (κ1) is 17.1. The molecule has 0 aliphatic heterocycles. The third-order valence-electron chi connectivity index (χ3n) is 2.65. The summed E-state index contributed by atoms with van der Waals surface area (Å²) in [7, 11) is -3.43. The third kappa shape index (κ3) is 5.15. The largest absolute Gasteiger partial charge is 0.310 e. The van der Waals surface area contributed by atoms with Gasteiger partial charge in [0.15, 0.2) is 0 Å². The van der Waals surface area contributed by atoms with E-state index in [1.807, 2.05) is 13.8 Å². The third-order valence-corrected chi connectivity index (χ3v) is 6.49. The summed E-state index contributed by atoms with van der Waals surface area (Å²) in [5, 5.41) is 3.28. The second kappa shape index (κ2) is 7.17. The van der Waals surface area contributed by atoms with Crippen LogP contribution in [0.25, 0.3) is 0 Å². The molecule has 7 heteroatoms. The zero-order chi connectivity index (χ0) is 14.6. The Morgan fingerprint density at radius 3 is 2.53 bits per heavy atom. The Morgan fingerprint density at radius 1 is 1.37 bits per heavy atom. The minimum absolute atomic E-state index is 0.0611. The summed E-state index contributed by atoms with van der Waals surface area (Å²) in [6.07, 6.45) is 0.767. The number of thiophene rings is 1. The summed E-state index contributed by atoms with van der Waals surface area (Å²) in [4.78, 5) is 1.34. The Morgan fingerprint density at radius 2 is 2.00 bits per heavy atom. The van der Waals surface area contributed by atoms with Crippen LogP contribution in [-0.2, 0) is 16.6 Å². The van der Waals surface area contributed by atoms with E-state index in [4.69, 9.17) is 0 Å². The van der Waals surface area contributed by atoms with E-state index >= 15 is 0 Å². The quantitative estimate of drug-likeness (QED) is 0.777. The Balaban J connectivity index is 2.89. The summed E-state index contributed by atoms with van der Waals surface area (Å²) < 4.78 is 27.8. The number of hydrogen-bond donors (Lipinski definition) is 2. The molecule has 0 saturated heterocycles. The summed E-state index contributed by atoms with van der Waals surface area (Å²) in [5.41, 5.74) is 0. The van der Waals surface area contributed by atoms with Crippen molar-refractivity contribution in [3.05, 3.63) is 14.7 Å². The molecule has 1 heterocycles. The Bertz CT molecular complexity index is 512. The lowest BCUT2D eigenvalue weighted by molar-refractivity contribution is 0.555. The molecule has 0 amide bonds. The van der Waals surface area contributed by atoms with Crippen molar-refractivity contribution in [2.45, 2.75) is 57.6 Å². The van der Waals surface area contributed by atoms with Gasteiger partial charge in [0.2, 0.25) is 10.0 Å². The first-order chi connectivity index (χ1) is 8.76. The number of hydrogen-bond acceptors (Lipinski definition) is 4. The van der Waals surface area contributed by atoms with Gasteiger partial charge in [0.25, 0.3) is 0 Å². The van der Waals surface area contributed by atoms with Crippen molar-refractivity contribution >= 4 is 37.3 Å². The molecule has 2 N–H and O–H groups in total. The van der Waals surface area contributed by atoms with Crippen molar-refractivity contribution in [2.24, 2.45) is 0 Å². The average molecular weight is 369 g/mol. The Labute approximate surface area is 128 Å². The van der Waals surface area contributed by atoms with E-state index in [1.54, 1.807) is 6.07 Å². The van der Waals surface area contributed by atoms with E-state index in [-0.39, 0.29) is 6.04 Å². The van der Waals surface area contributed by atoms with Crippen LogP contribution in [0.1, 0.15) is 39.0 Å². The number of halogens is 1. The zero-order valence-corrected chi connectivity index (χ0v) is 14.9.